The summed E-state index contributed by atoms with van der Waals surface area (Å²) in [5.74, 6) is 0.643. The molecule has 2 aromatic rings. The van der Waals surface area contributed by atoms with Crippen LogP contribution in [0, 0.1) is 0 Å². The number of anilines is 1. The first-order valence-corrected chi connectivity index (χ1v) is 10.2. The van der Waals surface area contributed by atoms with E-state index in [1.165, 1.54) is 24.6 Å². The molecule has 7 heteroatoms. The van der Waals surface area contributed by atoms with Crippen LogP contribution in [0.4, 0.5) is 5.69 Å². The Labute approximate surface area is 162 Å². The third kappa shape index (κ3) is 4.20. The fraction of sp³-hybridized carbons (Fsp3) is 0.400. The first-order valence-electron chi connectivity index (χ1n) is 9.31. The van der Waals surface area contributed by atoms with Crippen LogP contribution in [-0.2, 0) is 9.59 Å². The largest absolute Gasteiger partial charge is 0.468 e. The summed E-state index contributed by atoms with van der Waals surface area (Å²) in [6, 6.07) is 11.5. The second kappa shape index (κ2) is 8.19. The van der Waals surface area contributed by atoms with Crippen LogP contribution in [0.1, 0.15) is 31.1 Å². The molecule has 0 aliphatic carbocycles. The zero-order valence-corrected chi connectivity index (χ0v) is 15.8. The van der Waals surface area contributed by atoms with Gasteiger partial charge in [-0.3, -0.25) is 14.5 Å². The number of nitrogens with zero attached hydrogens (tertiary/aromatic N) is 1. The van der Waals surface area contributed by atoms with Gasteiger partial charge in [-0.1, -0.05) is 12.1 Å². The molecule has 1 saturated heterocycles. The summed E-state index contributed by atoms with van der Waals surface area (Å²) in [5, 5.41) is 5.48. The molecule has 2 aliphatic rings. The third-order valence-electron chi connectivity index (χ3n) is 5.02. The predicted molar refractivity (Wildman–Crippen MR) is 105 cm³/mol. The van der Waals surface area contributed by atoms with E-state index in [1.807, 2.05) is 36.4 Å². The van der Waals surface area contributed by atoms with Crippen molar-refractivity contribution < 1.29 is 14.0 Å². The maximum Gasteiger partial charge on any atom is 0.238 e. The maximum absolute atomic E-state index is 12.5. The van der Waals surface area contributed by atoms with Crippen molar-refractivity contribution in [3.05, 3.63) is 48.4 Å². The second-order valence-electron chi connectivity index (χ2n) is 6.87. The van der Waals surface area contributed by atoms with Crippen molar-refractivity contribution >= 4 is 29.3 Å². The van der Waals surface area contributed by atoms with E-state index in [1.54, 1.807) is 6.26 Å². The van der Waals surface area contributed by atoms with E-state index >= 15 is 0 Å². The second-order valence-corrected chi connectivity index (χ2v) is 8.12. The zero-order valence-electron chi connectivity index (χ0n) is 15.0. The number of furan rings is 1. The average Bonchev–Trinajstić information content (AvgIpc) is 3.37. The van der Waals surface area contributed by atoms with Gasteiger partial charge in [0, 0.05) is 17.9 Å². The lowest BCUT2D eigenvalue weighted by atomic mass is 10.2. The van der Waals surface area contributed by atoms with Gasteiger partial charge in [0.2, 0.25) is 11.8 Å². The Morgan fingerprint density at radius 1 is 1.26 bits per heavy atom. The van der Waals surface area contributed by atoms with E-state index in [-0.39, 0.29) is 24.3 Å². The molecule has 2 atom stereocenters. The molecule has 0 unspecified atom stereocenters. The number of amides is 2. The van der Waals surface area contributed by atoms with E-state index in [2.05, 4.69) is 15.5 Å². The molecule has 2 aliphatic heterocycles. The summed E-state index contributed by atoms with van der Waals surface area (Å²) in [6.07, 6.45) is 4.17. The van der Waals surface area contributed by atoms with Crippen LogP contribution < -0.4 is 10.6 Å². The Morgan fingerprint density at radius 3 is 2.85 bits per heavy atom. The Morgan fingerprint density at radius 2 is 2.07 bits per heavy atom. The SMILES string of the molecule is O=C(C[C@H]1Sc2ccccc2NC1=O)NC[C@H](c1ccco1)N1CCCC1. The van der Waals surface area contributed by atoms with Gasteiger partial charge in [-0.15, -0.1) is 11.8 Å². The van der Waals surface area contributed by atoms with E-state index in [0.717, 1.165) is 29.4 Å². The van der Waals surface area contributed by atoms with Gasteiger partial charge in [0.1, 0.15) is 5.76 Å². The molecule has 6 nitrogen and oxygen atoms in total. The van der Waals surface area contributed by atoms with Crippen molar-refractivity contribution in [3.8, 4) is 0 Å². The van der Waals surface area contributed by atoms with Crippen LogP contribution in [0.5, 0.6) is 0 Å². The molecule has 0 spiro atoms. The minimum Gasteiger partial charge on any atom is -0.468 e. The lowest BCUT2D eigenvalue weighted by Gasteiger charge is -2.27. The van der Waals surface area contributed by atoms with Crippen LogP contribution in [0.15, 0.2) is 52.0 Å². The summed E-state index contributed by atoms with van der Waals surface area (Å²) in [4.78, 5) is 28.1. The third-order valence-corrected chi connectivity index (χ3v) is 6.30. The number of hydrogen-bond acceptors (Lipinski definition) is 5. The highest BCUT2D eigenvalue weighted by Gasteiger charge is 2.30. The summed E-state index contributed by atoms with van der Waals surface area (Å²) in [7, 11) is 0. The highest BCUT2D eigenvalue weighted by molar-refractivity contribution is 8.01. The van der Waals surface area contributed by atoms with Gasteiger partial charge in [-0.2, -0.15) is 0 Å². The molecule has 27 heavy (non-hydrogen) atoms. The van der Waals surface area contributed by atoms with Crippen molar-refractivity contribution in [2.75, 3.05) is 25.0 Å². The maximum atomic E-state index is 12.5. The van der Waals surface area contributed by atoms with Crippen molar-refractivity contribution in [2.45, 2.75) is 35.4 Å². The molecular formula is C20H23N3O3S. The van der Waals surface area contributed by atoms with Gasteiger partial charge >= 0.3 is 0 Å². The molecule has 0 radical (unpaired) electrons. The van der Waals surface area contributed by atoms with Crippen molar-refractivity contribution in [3.63, 3.8) is 0 Å². The number of hydrogen-bond donors (Lipinski definition) is 2. The number of thioether (sulfide) groups is 1. The lowest BCUT2D eigenvalue weighted by Crippen LogP contribution is -2.39. The first-order chi connectivity index (χ1) is 13.2. The van der Waals surface area contributed by atoms with E-state index < -0.39 is 5.25 Å². The number of likely N-dealkylation sites (tertiary alicyclic amines) is 1. The standard InChI is InChI=1S/C20H23N3O3S/c24-19(12-18-20(25)22-14-6-1-2-8-17(14)27-18)21-13-15(16-7-5-11-26-16)23-9-3-4-10-23/h1-2,5-8,11,15,18H,3-4,9-10,12-13H2,(H,21,24)(H,22,25)/t15-,18-/m1/s1. The number of para-hydroxylation sites is 1. The normalized spacial score (nSPS) is 20.7. The highest BCUT2D eigenvalue weighted by Crippen LogP contribution is 2.36. The molecule has 4 rings (SSSR count). The molecule has 3 heterocycles. The van der Waals surface area contributed by atoms with Crippen LogP contribution in [0.3, 0.4) is 0 Å². The van der Waals surface area contributed by atoms with E-state index in [9.17, 15) is 9.59 Å². The van der Waals surface area contributed by atoms with E-state index in [0.29, 0.717) is 6.54 Å². The molecule has 1 fully saturated rings. The number of benzene rings is 1. The predicted octanol–water partition coefficient (Wildman–Crippen LogP) is 3.04. The molecule has 142 valence electrons. The molecular weight excluding hydrogens is 362 g/mol. The van der Waals surface area contributed by atoms with Gasteiger partial charge in [-0.25, -0.2) is 0 Å². The Bertz CT molecular complexity index is 803. The summed E-state index contributed by atoms with van der Waals surface area (Å²) >= 11 is 1.45. The van der Waals surface area contributed by atoms with Crippen LogP contribution in [0.25, 0.3) is 0 Å². The van der Waals surface area contributed by atoms with Crippen molar-refractivity contribution in [1.29, 1.82) is 0 Å². The Balaban J connectivity index is 1.35. The number of fused-ring (bicyclic) bond motifs is 1. The topological polar surface area (TPSA) is 74.6 Å². The van der Waals surface area contributed by atoms with Gasteiger partial charge in [0.25, 0.3) is 0 Å². The minimum absolute atomic E-state index is 0.0417. The summed E-state index contributed by atoms with van der Waals surface area (Å²) in [6.45, 7) is 2.51. The van der Waals surface area contributed by atoms with Gasteiger partial charge < -0.3 is 15.1 Å². The van der Waals surface area contributed by atoms with Crippen molar-refractivity contribution in [2.24, 2.45) is 0 Å². The minimum atomic E-state index is -0.409. The molecule has 0 saturated carbocycles. The number of carbonyl (C=O) groups excluding carboxylic acids is 2. The fourth-order valence-corrected chi connectivity index (χ4v) is 4.73. The molecule has 0 bridgehead atoms. The van der Waals surface area contributed by atoms with Crippen LogP contribution in [-0.4, -0.2) is 41.6 Å². The molecule has 1 aromatic heterocycles. The lowest BCUT2D eigenvalue weighted by molar-refractivity contribution is -0.124. The molecule has 2 N–H and O–H groups in total. The Kier molecular flexibility index (Phi) is 5.50. The van der Waals surface area contributed by atoms with Crippen molar-refractivity contribution in [1.82, 2.24) is 10.2 Å². The summed E-state index contributed by atoms with van der Waals surface area (Å²) in [5.41, 5.74) is 0.816. The van der Waals surface area contributed by atoms with Crippen LogP contribution in [0.2, 0.25) is 0 Å². The van der Waals surface area contributed by atoms with Gasteiger partial charge in [-0.05, 0) is 50.2 Å². The average molecular weight is 385 g/mol. The number of rotatable bonds is 6. The quantitative estimate of drug-likeness (QED) is 0.800. The van der Waals surface area contributed by atoms with E-state index in [4.69, 9.17) is 4.42 Å². The monoisotopic (exact) mass is 385 g/mol. The number of carbonyl (C=O) groups is 2. The molecule has 2 amide bonds. The zero-order chi connectivity index (χ0) is 18.6. The molecule has 1 aromatic carbocycles. The first kappa shape index (κ1) is 18.1. The fourth-order valence-electron chi connectivity index (χ4n) is 3.62. The smallest absolute Gasteiger partial charge is 0.238 e. The van der Waals surface area contributed by atoms with Crippen LogP contribution >= 0.6 is 11.8 Å². The van der Waals surface area contributed by atoms with Gasteiger partial charge in [0.15, 0.2) is 0 Å². The van der Waals surface area contributed by atoms with Gasteiger partial charge in [0.05, 0.1) is 23.2 Å². The Hall–Kier alpha value is -2.25. The summed E-state index contributed by atoms with van der Waals surface area (Å²) < 4.78 is 5.59. The highest BCUT2D eigenvalue weighted by atomic mass is 32.2. The number of nitrogens with one attached hydrogen (secondary N) is 2.